The SMILES string of the molecule is C[NH+](C)C.[C-]#N.[C-]#N.[NH4+]. The van der Waals surface area contributed by atoms with Crippen LogP contribution in [-0.2, 0) is 0 Å². The van der Waals surface area contributed by atoms with Crippen molar-refractivity contribution in [3.8, 4) is 0 Å². The zero-order chi connectivity index (χ0) is 7.58. The summed E-state index contributed by atoms with van der Waals surface area (Å²) in [6.07, 6.45) is 0. The van der Waals surface area contributed by atoms with Gasteiger partial charge in [0.25, 0.3) is 0 Å². The third kappa shape index (κ3) is 137. The highest BCUT2D eigenvalue weighted by Gasteiger charge is 1.61. The second-order valence-electron chi connectivity index (χ2n) is 1.50. The Labute approximate surface area is 56.9 Å². The summed E-state index contributed by atoms with van der Waals surface area (Å²) in [5, 5.41) is 12.5. The van der Waals surface area contributed by atoms with E-state index in [1.807, 2.05) is 0 Å². The molecule has 0 radical (unpaired) electrons. The maximum Gasteiger partial charge on any atom is 0.0661 e. The Kier molecular flexibility index (Phi) is 183. The van der Waals surface area contributed by atoms with Gasteiger partial charge in [0, 0.05) is 0 Å². The van der Waals surface area contributed by atoms with E-state index in [2.05, 4.69) is 21.1 Å². The summed E-state index contributed by atoms with van der Waals surface area (Å²) in [5.74, 6) is 0. The van der Waals surface area contributed by atoms with Gasteiger partial charge in [-0.05, 0) is 0 Å². The lowest BCUT2D eigenvalue weighted by atomic mass is 11.0. The van der Waals surface area contributed by atoms with Gasteiger partial charge in [-0.1, -0.05) is 0 Å². The van der Waals surface area contributed by atoms with Crippen LogP contribution in [0.2, 0.25) is 0 Å². The number of hydrogen-bond acceptors (Lipinski definition) is 2. The first-order chi connectivity index (χ1) is 3.73. The predicted octanol–water partition coefficient (Wildman–Crippen LogP) is -0.670. The van der Waals surface area contributed by atoms with E-state index < -0.39 is 0 Å². The van der Waals surface area contributed by atoms with Gasteiger partial charge in [-0.15, -0.1) is 0 Å². The molecule has 0 bridgehead atoms. The van der Waals surface area contributed by atoms with Gasteiger partial charge in [0.05, 0.1) is 21.1 Å². The quantitative estimate of drug-likeness (QED) is 0.426. The van der Waals surface area contributed by atoms with Crippen molar-refractivity contribution in [2.24, 2.45) is 0 Å². The van der Waals surface area contributed by atoms with Gasteiger partial charge in [0.15, 0.2) is 0 Å². The number of nitrogens with one attached hydrogen (secondary N) is 1. The fraction of sp³-hybridized carbons (Fsp3) is 0.600. The van der Waals surface area contributed by atoms with Gasteiger partial charge in [-0.3, -0.25) is 0 Å². The summed E-state index contributed by atoms with van der Waals surface area (Å²) in [6.45, 7) is 9.50. The molecule has 0 amide bonds. The molecule has 0 aliphatic rings. The molecule has 0 aliphatic carbocycles. The first kappa shape index (κ1) is 24.7. The van der Waals surface area contributed by atoms with Crippen LogP contribution in [0.4, 0.5) is 0 Å². The van der Waals surface area contributed by atoms with Gasteiger partial charge in [-0.25, -0.2) is 0 Å². The van der Waals surface area contributed by atoms with Gasteiger partial charge < -0.3 is 34.7 Å². The average Bonchev–Trinajstić information content (AvgIpc) is 1.75. The summed E-state index contributed by atoms with van der Waals surface area (Å²) in [5.41, 5.74) is 0. The summed E-state index contributed by atoms with van der Waals surface area (Å²) in [6, 6.07) is 0. The van der Waals surface area contributed by atoms with Crippen LogP contribution in [0.25, 0.3) is 0 Å². The van der Waals surface area contributed by atoms with Crippen LogP contribution in [0, 0.1) is 23.7 Å². The molecule has 0 fully saturated rings. The van der Waals surface area contributed by atoms with Crippen molar-refractivity contribution in [2.45, 2.75) is 0 Å². The van der Waals surface area contributed by atoms with Crippen LogP contribution in [0.15, 0.2) is 0 Å². The molecule has 5 N–H and O–H groups in total. The normalized spacial score (nSPS) is 4.44. The van der Waals surface area contributed by atoms with Crippen LogP contribution < -0.4 is 11.1 Å². The molecule has 4 heteroatoms. The molecule has 0 unspecified atom stereocenters. The molecule has 0 aromatic carbocycles. The minimum absolute atomic E-state index is 0. The van der Waals surface area contributed by atoms with Crippen LogP contribution in [0.5, 0.6) is 0 Å². The van der Waals surface area contributed by atoms with Gasteiger partial charge >= 0.3 is 0 Å². The lowest BCUT2D eigenvalue weighted by molar-refractivity contribution is -0.836. The number of hydrogen-bond donors (Lipinski definition) is 2. The van der Waals surface area contributed by atoms with E-state index in [4.69, 9.17) is 23.7 Å². The number of nitrogens with zero attached hydrogens (tertiary/aromatic N) is 2. The van der Waals surface area contributed by atoms with Crippen LogP contribution in [-0.4, -0.2) is 21.1 Å². The summed E-state index contributed by atoms with van der Waals surface area (Å²) in [4.78, 5) is 1.42. The van der Waals surface area contributed by atoms with Gasteiger partial charge in [0.1, 0.15) is 0 Å². The molecular weight excluding hydrogens is 116 g/mol. The maximum absolute atomic E-state index is 6.25. The number of quaternary nitrogens is 2. The lowest BCUT2D eigenvalue weighted by Gasteiger charge is -1.88. The minimum atomic E-state index is 0. The fourth-order valence-corrected chi connectivity index (χ4v) is 0. The van der Waals surface area contributed by atoms with Crippen LogP contribution >= 0.6 is 0 Å². The van der Waals surface area contributed by atoms with Crippen molar-refractivity contribution < 1.29 is 4.90 Å². The molecule has 0 saturated heterocycles. The zero-order valence-corrected chi connectivity index (χ0v) is 6.39. The molecular formula is C5H14N4. The monoisotopic (exact) mass is 130 g/mol. The average molecular weight is 130 g/mol. The first-order valence-electron chi connectivity index (χ1n) is 1.95. The van der Waals surface area contributed by atoms with Gasteiger partial charge in [0.2, 0.25) is 0 Å². The minimum Gasteiger partial charge on any atom is -0.512 e. The van der Waals surface area contributed by atoms with Gasteiger partial charge in [-0.2, -0.15) is 0 Å². The van der Waals surface area contributed by atoms with Crippen LogP contribution in [0.3, 0.4) is 0 Å². The number of rotatable bonds is 0. The van der Waals surface area contributed by atoms with E-state index in [-0.39, 0.29) is 6.15 Å². The van der Waals surface area contributed by atoms with E-state index in [0.717, 1.165) is 0 Å². The highest BCUT2D eigenvalue weighted by Crippen LogP contribution is 0.865. The Morgan fingerprint density at radius 2 is 0.889 bits per heavy atom. The van der Waals surface area contributed by atoms with E-state index in [9.17, 15) is 0 Å². The molecule has 4 nitrogen and oxygen atoms in total. The molecule has 9 heavy (non-hydrogen) atoms. The molecule has 54 valence electrons. The Hall–Kier alpha value is -1.10. The Bertz CT molecular complexity index is 45.7. The Morgan fingerprint density at radius 3 is 0.889 bits per heavy atom. The van der Waals surface area contributed by atoms with Crippen LogP contribution in [0.1, 0.15) is 0 Å². The standard InChI is InChI=1S/C3H9N.2CN.H3N/c1-4(2)3;2*1-2;/h1-3H3;;;1H3/q;2*-1;/p+2. The lowest BCUT2D eigenvalue weighted by Crippen LogP contribution is -3.02. The van der Waals surface area contributed by atoms with Crippen molar-refractivity contribution in [1.82, 2.24) is 6.15 Å². The maximum atomic E-state index is 6.25. The smallest absolute Gasteiger partial charge is 0.0661 e. The van der Waals surface area contributed by atoms with Crippen molar-refractivity contribution in [3.63, 3.8) is 0 Å². The van der Waals surface area contributed by atoms with E-state index in [1.165, 1.54) is 4.90 Å². The largest absolute Gasteiger partial charge is 0.512 e. The molecule has 0 aliphatic heterocycles. The molecule has 0 aromatic heterocycles. The second kappa shape index (κ2) is 66.5. The molecule has 0 rings (SSSR count). The second-order valence-corrected chi connectivity index (χ2v) is 1.50. The van der Waals surface area contributed by atoms with E-state index in [1.54, 1.807) is 0 Å². The highest BCUT2D eigenvalue weighted by molar-refractivity contribution is 3.59. The molecule has 0 spiro atoms. The molecule has 0 atom stereocenters. The highest BCUT2D eigenvalue weighted by atomic mass is 15.0. The summed E-state index contributed by atoms with van der Waals surface area (Å²) in [7, 11) is 6.25. The van der Waals surface area contributed by atoms with Crippen molar-refractivity contribution in [1.29, 1.82) is 10.5 Å². The molecule has 0 heterocycles. The summed E-state index contributed by atoms with van der Waals surface area (Å²) < 4.78 is 0. The third-order valence-electron chi connectivity index (χ3n) is 0. The van der Waals surface area contributed by atoms with Crippen molar-refractivity contribution in [3.05, 3.63) is 13.1 Å². The first-order valence-corrected chi connectivity index (χ1v) is 1.95. The Balaban J connectivity index is -0.0000000221. The Morgan fingerprint density at radius 1 is 0.889 bits per heavy atom. The zero-order valence-electron chi connectivity index (χ0n) is 6.39. The predicted molar refractivity (Wildman–Crippen MR) is 34.7 cm³/mol. The van der Waals surface area contributed by atoms with E-state index >= 15 is 0 Å². The van der Waals surface area contributed by atoms with Crippen molar-refractivity contribution in [2.75, 3.05) is 21.1 Å². The van der Waals surface area contributed by atoms with Crippen molar-refractivity contribution >= 4 is 0 Å². The summed E-state index contributed by atoms with van der Waals surface area (Å²) >= 11 is 0. The molecule has 0 aromatic rings. The molecule has 0 saturated carbocycles. The third-order valence-corrected chi connectivity index (χ3v) is 0. The fourth-order valence-electron chi connectivity index (χ4n) is 0. The van der Waals surface area contributed by atoms with E-state index in [0.29, 0.717) is 0 Å². The topological polar surface area (TPSA) is 88.5 Å².